The van der Waals surface area contributed by atoms with Gasteiger partial charge in [-0.25, -0.2) is 4.98 Å². The molecule has 26 heavy (non-hydrogen) atoms. The number of nitrogens with zero attached hydrogens (tertiary/aromatic N) is 2. The van der Waals surface area contributed by atoms with Crippen LogP contribution in [0.25, 0.3) is 16.2 Å². The van der Waals surface area contributed by atoms with Crippen LogP contribution in [0.2, 0.25) is 0 Å². The van der Waals surface area contributed by atoms with Crippen LogP contribution in [0, 0.1) is 31.6 Å². The Labute approximate surface area is 159 Å². The summed E-state index contributed by atoms with van der Waals surface area (Å²) in [7, 11) is 0. The SMILES string of the molecule is Cc1ccc(-c2csc3nc(C45CC6CC(CC(C6)C4)C5)cn23)c(C)c1. The van der Waals surface area contributed by atoms with Gasteiger partial charge in [0.15, 0.2) is 4.96 Å². The summed E-state index contributed by atoms with van der Waals surface area (Å²) in [6, 6.07) is 6.79. The van der Waals surface area contributed by atoms with E-state index in [4.69, 9.17) is 4.98 Å². The highest BCUT2D eigenvalue weighted by molar-refractivity contribution is 7.15. The van der Waals surface area contributed by atoms with Gasteiger partial charge in [-0.15, -0.1) is 11.3 Å². The van der Waals surface area contributed by atoms with Crippen molar-refractivity contribution >= 4 is 16.3 Å². The number of aromatic nitrogens is 2. The molecule has 1 aromatic carbocycles. The summed E-state index contributed by atoms with van der Waals surface area (Å²) in [6.07, 6.45) is 11.1. The second-order valence-corrected chi connectivity index (χ2v) is 10.3. The molecule has 0 saturated heterocycles. The van der Waals surface area contributed by atoms with E-state index in [-0.39, 0.29) is 0 Å². The number of hydrogen-bond acceptors (Lipinski definition) is 2. The lowest BCUT2D eigenvalue weighted by molar-refractivity contribution is -0.00696. The van der Waals surface area contributed by atoms with Crippen LogP contribution in [0.1, 0.15) is 55.3 Å². The fourth-order valence-corrected chi connectivity index (χ4v) is 7.63. The summed E-state index contributed by atoms with van der Waals surface area (Å²) in [5.74, 6) is 2.92. The third-order valence-electron chi connectivity index (χ3n) is 7.45. The minimum Gasteiger partial charge on any atom is -0.290 e. The number of thiazole rings is 1. The first-order valence-corrected chi connectivity index (χ1v) is 11.0. The van der Waals surface area contributed by atoms with Gasteiger partial charge in [0.05, 0.1) is 11.4 Å². The van der Waals surface area contributed by atoms with Gasteiger partial charge in [0.1, 0.15) is 0 Å². The van der Waals surface area contributed by atoms with Crippen molar-refractivity contribution < 1.29 is 0 Å². The van der Waals surface area contributed by atoms with Crippen LogP contribution in [-0.2, 0) is 5.41 Å². The Balaban J connectivity index is 1.46. The van der Waals surface area contributed by atoms with Crippen molar-refractivity contribution in [2.45, 2.75) is 57.8 Å². The fourth-order valence-electron chi connectivity index (χ4n) is 6.76. The van der Waals surface area contributed by atoms with E-state index in [0.717, 1.165) is 17.8 Å². The molecule has 7 rings (SSSR count). The van der Waals surface area contributed by atoms with Gasteiger partial charge in [0.25, 0.3) is 0 Å². The number of rotatable bonds is 2. The van der Waals surface area contributed by atoms with Gasteiger partial charge in [0.2, 0.25) is 0 Å². The lowest BCUT2D eigenvalue weighted by Crippen LogP contribution is -2.48. The average Bonchev–Trinajstić information content (AvgIpc) is 3.15. The van der Waals surface area contributed by atoms with Crippen LogP contribution in [0.15, 0.2) is 29.8 Å². The summed E-state index contributed by atoms with van der Waals surface area (Å²) >= 11 is 1.80. The maximum Gasteiger partial charge on any atom is 0.194 e. The van der Waals surface area contributed by atoms with Crippen LogP contribution < -0.4 is 0 Å². The molecule has 0 aliphatic heterocycles. The average molecular weight is 363 g/mol. The number of hydrogen-bond donors (Lipinski definition) is 0. The normalized spacial score (nSPS) is 32.6. The van der Waals surface area contributed by atoms with Crippen LogP contribution in [-0.4, -0.2) is 9.38 Å². The van der Waals surface area contributed by atoms with Crippen molar-refractivity contribution in [2.75, 3.05) is 0 Å². The molecule has 4 fully saturated rings. The van der Waals surface area contributed by atoms with Crippen molar-refractivity contribution in [1.29, 1.82) is 0 Å². The lowest BCUT2D eigenvalue weighted by atomic mass is 9.49. The molecule has 134 valence electrons. The van der Waals surface area contributed by atoms with Crippen LogP contribution in [0.4, 0.5) is 0 Å². The third kappa shape index (κ3) is 2.13. The van der Waals surface area contributed by atoms with E-state index in [2.05, 4.69) is 48.0 Å². The second kappa shape index (κ2) is 5.22. The van der Waals surface area contributed by atoms with E-state index >= 15 is 0 Å². The first-order chi connectivity index (χ1) is 12.6. The summed E-state index contributed by atoms with van der Waals surface area (Å²) in [6.45, 7) is 4.39. The quantitative estimate of drug-likeness (QED) is 0.534. The first kappa shape index (κ1) is 15.4. The summed E-state index contributed by atoms with van der Waals surface area (Å²) in [5, 5.41) is 2.28. The highest BCUT2D eigenvalue weighted by Gasteiger charge is 2.52. The molecule has 0 atom stereocenters. The number of fused-ring (bicyclic) bond motifs is 1. The molecule has 2 nitrogen and oxygen atoms in total. The molecule has 2 heterocycles. The molecule has 4 saturated carbocycles. The summed E-state index contributed by atoms with van der Waals surface area (Å²) in [4.78, 5) is 6.35. The number of benzene rings is 1. The zero-order chi connectivity index (χ0) is 17.5. The lowest BCUT2D eigenvalue weighted by Gasteiger charge is -2.56. The Morgan fingerprint density at radius 3 is 2.38 bits per heavy atom. The summed E-state index contributed by atoms with van der Waals surface area (Å²) < 4.78 is 2.37. The van der Waals surface area contributed by atoms with Gasteiger partial charge in [-0.05, 0) is 75.7 Å². The van der Waals surface area contributed by atoms with Gasteiger partial charge < -0.3 is 0 Å². The van der Waals surface area contributed by atoms with Crippen molar-refractivity contribution in [1.82, 2.24) is 9.38 Å². The predicted molar refractivity (Wildman–Crippen MR) is 108 cm³/mol. The molecule has 0 N–H and O–H groups in total. The zero-order valence-electron chi connectivity index (χ0n) is 15.7. The molecule has 2 aromatic heterocycles. The van der Waals surface area contributed by atoms with Gasteiger partial charge >= 0.3 is 0 Å². The molecule has 4 bridgehead atoms. The molecule has 0 spiro atoms. The van der Waals surface area contributed by atoms with Gasteiger partial charge in [-0.1, -0.05) is 23.8 Å². The Hall–Kier alpha value is -1.61. The van der Waals surface area contributed by atoms with E-state index in [9.17, 15) is 0 Å². The molecule has 0 amide bonds. The molecule has 4 aliphatic carbocycles. The minimum atomic E-state index is 0.389. The molecule has 0 radical (unpaired) electrons. The molecular formula is C23H26N2S. The topological polar surface area (TPSA) is 17.3 Å². The van der Waals surface area contributed by atoms with Crippen molar-refractivity contribution in [2.24, 2.45) is 17.8 Å². The predicted octanol–water partition coefficient (Wildman–Crippen LogP) is 6.15. The van der Waals surface area contributed by atoms with Crippen LogP contribution in [0.5, 0.6) is 0 Å². The highest BCUT2D eigenvalue weighted by Crippen LogP contribution is 2.60. The molecular weight excluding hydrogens is 336 g/mol. The molecule has 3 aromatic rings. The second-order valence-electron chi connectivity index (χ2n) is 9.42. The van der Waals surface area contributed by atoms with E-state index in [1.54, 1.807) is 11.3 Å². The maximum absolute atomic E-state index is 5.18. The monoisotopic (exact) mass is 362 g/mol. The zero-order valence-corrected chi connectivity index (χ0v) is 16.5. The Bertz CT molecular complexity index is 973. The molecule has 3 heteroatoms. The number of aryl methyl sites for hydroxylation is 2. The number of imidazole rings is 1. The maximum atomic E-state index is 5.18. The fraction of sp³-hybridized carbons (Fsp3) is 0.522. The molecule has 0 unspecified atom stereocenters. The highest BCUT2D eigenvalue weighted by atomic mass is 32.1. The Morgan fingerprint density at radius 2 is 1.73 bits per heavy atom. The van der Waals surface area contributed by atoms with Crippen LogP contribution in [0.3, 0.4) is 0 Å². The van der Waals surface area contributed by atoms with E-state index in [1.807, 2.05) is 0 Å². The van der Waals surface area contributed by atoms with Crippen molar-refractivity contribution in [3.63, 3.8) is 0 Å². The minimum absolute atomic E-state index is 0.389. The van der Waals surface area contributed by atoms with Gasteiger partial charge in [0, 0.05) is 22.6 Å². The Morgan fingerprint density at radius 1 is 1.04 bits per heavy atom. The van der Waals surface area contributed by atoms with E-state index in [0.29, 0.717) is 5.41 Å². The third-order valence-corrected chi connectivity index (χ3v) is 8.29. The van der Waals surface area contributed by atoms with Crippen molar-refractivity contribution in [3.8, 4) is 11.3 Å². The van der Waals surface area contributed by atoms with Gasteiger partial charge in [-0.2, -0.15) is 0 Å². The van der Waals surface area contributed by atoms with E-state index < -0.39 is 0 Å². The smallest absolute Gasteiger partial charge is 0.194 e. The van der Waals surface area contributed by atoms with E-state index in [1.165, 1.54) is 71.6 Å². The van der Waals surface area contributed by atoms with Crippen molar-refractivity contribution in [3.05, 3.63) is 46.6 Å². The standard InChI is InChI=1S/C23H26N2S/c1-14-3-4-19(15(2)5-14)20-13-26-22-24-21(12-25(20)22)23-9-16-6-17(10-23)8-18(7-16)11-23/h3-5,12-13,16-18H,6-11H2,1-2H3. The first-order valence-electron chi connectivity index (χ1n) is 10.1. The van der Waals surface area contributed by atoms with Crippen LogP contribution >= 0.6 is 11.3 Å². The summed E-state index contributed by atoms with van der Waals surface area (Å²) in [5.41, 5.74) is 7.13. The van der Waals surface area contributed by atoms with Gasteiger partial charge in [-0.3, -0.25) is 4.40 Å². The largest absolute Gasteiger partial charge is 0.290 e. The molecule has 4 aliphatic rings. The Kier molecular flexibility index (Phi) is 3.10.